The smallest absolute Gasteiger partial charge is 0.338 e. The molecule has 1 aromatic rings. The lowest BCUT2D eigenvalue weighted by molar-refractivity contribution is -0.378. The average molecular weight is 932 g/mol. The number of carbonyl (C=O) groups excluding carboxylic acids is 2. The zero-order chi connectivity index (χ0) is 47.8. The molecular weight excluding hydrogens is 863 g/mol. The van der Waals surface area contributed by atoms with E-state index in [0.717, 1.165) is 19.3 Å². The highest BCUT2D eigenvalue weighted by atomic mass is 16.8. The number of hydrogen-bond donors (Lipinski definition) is 0. The molecule has 0 aliphatic carbocycles. The molecule has 0 amide bonds. The second kappa shape index (κ2) is 29.5. The lowest BCUT2D eigenvalue weighted by Gasteiger charge is -2.50. The fourth-order valence-corrected chi connectivity index (χ4v) is 7.97. The molecule has 368 valence electrons. The van der Waals surface area contributed by atoms with E-state index in [2.05, 4.69) is 30.1 Å². The van der Waals surface area contributed by atoms with Gasteiger partial charge < -0.3 is 52.1 Å². The Bertz CT molecular complexity index is 1750. The van der Waals surface area contributed by atoms with Gasteiger partial charge in [-0.25, -0.2) is 4.79 Å². The van der Waals surface area contributed by atoms with E-state index in [-0.39, 0.29) is 37.8 Å². The predicted octanol–water partition coefficient (Wildman–Crippen LogP) is 8.56. The number of azide groups is 3. The standard InChI is InChI=1S/C44H69N9O13/c1-8-11-23-57-35-32(48-51-45)27(4)61-42(60-26-19-15-18-22-31(54)56-7)39(35)65-44-40(36(58-24-12-9-2)33(49-52-46)28(5)63-44)66-43-38(59-25-13-10-3)37(34(50-53-47)29(6)62-43)64-41(55)30-20-16-14-17-21-30/h14,16-17,20-21,27-29,32-40,42-44H,8-13,15,18-19,22-26H2,1-7H3/t27?,28?,29?,32-,33-,34-,35?,36?,37?,38-,39-,40-,42+,43-,44-/m1/s1. The molecule has 22 nitrogen and oxygen atoms in total. The van der Waals surface area contributed by atoms with Crippen molar-refractivity contribution in [2.45, 2.75) is 198 Å². The molecule has 66 heavy (non-hydrogen) atoms. The van der Waals surface area contributed by atoms with Crippen LogP contribution in [0.5, 0.6) is 0 Å². The third kappa shape index (κ3) is 15.7. The van der Waals surface area contributed by atoms with Crippen molar-refractivity contribution in [2.75, 3.05) is 33.5 Å². The maximum absolute atomic E-state index is 13.7. The Morgan fingerprint density at radius 2 is 1.00 bits per heavy atom. The Morgan fingerprint density at radius 3 is 1.48 bits per heavy atom. The first-order valence-corrected chi connectivity index (χ1v) is 23.3. The van der Waals surface area contributed by atoms with E-state index in [0.29, 0.717) is 45.1 Å². The molecule has 6 unspecified atom stereocenters. The summed E-state index contributed by atoms with van der Waals surface area (Å²) in [5.41, 5.74) is 29.5. The van der Waals surface area contributed by atoms with E-state index in [1.54, 1.807) is 51.1 Å². The van der Waals surface area contributed by atoms with Crippen molar-refractivity contribution in [1.29, 1.82) is 0 Å². The first-order chi connectivity index (χ1) is 32.1. The Hall–Kier alpha value is -4.27. The Kier molecular flexibility index (Phi) is 24.3. The van der Waals surface area contributed by atoms with Crippen LogP contribution in [0, 0.1) is 0 Å². The van der Waals surface area contributed by atoms with Gasteiger partial charge in [0.1, 0.15) is 30.5 Å². The van der Waals surface area contributed by atoms with Gasteiger partial charge in [-0.1, -0.05) is 80.0 Å². The number of nitrogens with zero attached hydrogens (tertiary/aromatic N) is 9. The number of esters is 2. The van der Waals surface area contributed by atoms with Gasteiger partial charge in [0.05, 0.1) is 55.3 Å². The van der Waals surface area contributed by atoms with Crippen molar-refractivity contribution >= 4 is 11.9 Å². The second-order valence-corrected chi connectivity index (χ2v) is 16.5. The number of unbranched alkanes of at least 4 members (excludes halogenated alkanes) is 5. The average Bonchev–Trinajstić information content (AvgIpc) is 3.31. The molecule has 3 saturated heterocycles. The van der Waals surface area contributed by atoms with Gasteiger partial charge in [-0.3, -0.25) is 4.79 Å². The van der Waals surface area contributed by atoms with E-state index in [4.69, 9.17) is 52.1 Å². The van der Waals surface area contributed by atoms with E-state index in [1.165, 1.54) is 7.11 Å². The number of benzene rings is 1. The molecule has 1 aromatic carbocycles. The second-order valence-electron chi connectivity index (χ2n) is 16.5. The minimum absolute atomic E-state index is 0.202. The molecule has 4 rings (SSSR count). The van der Waals surface area contributed by atoms with Gasteiger partial charge in [0, 0.05) is 47.6 Å². The first-order valence-electron chi connectivity index (χ1n) is 23.3. The normalized spacial score (nSPS) is 32.0. The van der Waals surface area contributed by atoms with E-state index < -0.39 is 97.9 Å². The maximum atomic E-state index is 13.7. The number of hydrogen-bond acceptors (Lipinski definition) is 16. The van der Waals surface area contributed by atoms with Gasteiger partial charge in [0.15, 0.2) is 18.9 Å². The number of methoxy groups -OCH3 is 1. The summed E-state index contributed by atoms with van der Waals surface area (Å²) in [6, 6.07) is 5.56. The van der Waals surface area contributed by atoms with Crippen LogP contribution in [0.1, 0.15) is 116 Å². The summed E-state index contributed by atoms with van der Waals surface area (Å²) in [7, 11) is 1.35. The molecule has 0 N–H and O–H groups in total. The molecule has 0 saturated carbocycles. The van der Waals surface area contributed by atoms with Gasteiger partial charge in [-0.05, 0) is 81.6 Å². The molecule has 0 radical (unpaired) electrons. The summed E-state index contributed by atoms with van der Waals surface area (Å²) in [5, 5.41) is 12.2. The molecule has 3 fully saturated rings. The Labute approximate surface area is 386 Å². The van der Waals surface area contributed by atoms with Crippen molar-refractivity contribution in [1.82, 2.24) is 0 Å². The summed E-state index contributed by atoms with van der Waals surface area (Å²) in [6.07, 6.45) is -6.25. The van der Waals surface area contributed by atoms with Crippen LogP contribution in [0.3, 0.4) is 0 Å². The highest BCUT2D eigenvalue weighted by Gasteiger charge is 2.55. The molecule has 3 aliphatic rings. The summed E-state index contributed by atoms with van der Waals surface area (Å²) < 4.78 is 70.2. The van der Waals surface area contributed by atoms with Gasteiger partial charge >= 0.3 is 11.9 Å². The van der Waals surface area contributed by atoms with Gasteiger partial charge in [-0.2, -0.15) is 0 Å². The molecule has 3 heterocycles. The van der Waals surface area contributed by atoms with E-state index in [9.17, 15) is 26.2 Å². The Morgan fingerprint density at radius 1 is 0.561 bits per heavy atom. The third-order valence-electron chi connectivity index (χ3n) is 11.6. The van der Waals surface area contributed by atoms with Gasteiger partial charge in [-0.15, -0.1) is 0 Å². The zero-order valence-electron chi connectivity index (χ0n) is 39.3. The minimum Gasteiger partial charge on any atom is -0.469 e. The van der Waals surface area contributed by atoms with Crippen LogP contribution in [0.2, 0.25) is 0 Å². The molecule has 0 bridgehead atoms. The van der Waals surface area contributed by atoms with E-state index >= 15 is 0 Å². The predicted molar refractivity (Wildman–Crippen MR) is 238 cm³/mol. The number of rotatable bonds is 28. The fraction of sp³-hybridized carbons (Fsp3) is 0.818. The highest BCUT2D eigenvalue weighted by Crippen LogP contribution is 2.38. The zero-order valence-corrected chi connectivity index (χ0v) is 39.3. The molecule has 0 spiro atoms. The molecule has 0 aromatic heterocycles. The van der Waals surface area contributed by atoms with Crippen molar-refractivity contribution in [3.05, 3.63) is 67.2 Å². The monoisotopic (exact) mass is 932 g/mol. The van der Waals surface area contributed by atoms with Crippen LogP contribution in [0.15, 0.2) is 45.7 Å². The summed E-state index contributed by atoms with van der Waals surface area (Å²) in [6.45, 7) is 12.1. The topological polar surface area (TPSA) is 282 Å². The lowest BCUT2D eigenvalue weighted by Crippen LogP contribution is -2.66. The van der Waals surface area contributed by atoms with Crippen molar-refractivity contribution < 1.29 is 61.7 Å². The minimum atomic E-state index is -1.34. The van der Waals surface area contributed by atoms with Crippen molar-refractivity contribution in [3.63, 3.8) is 0 Å². The van der Waals surface area contributed by atoms with E-state index in [1.807, 2.05) is 20.8 Å². The van der Waals surface area contributed by atoms with Crippen molar-refractivity contribution in [2.24, 2.45) is 15.3 Å². The van der Waals surface area contributed by atoms with Crippen LogP contribution in [0.25, 0.3) is 31.3 Å². The van der Waals surface area contributed by atoms with Crippen LogP contribution in [0.4, 0.5) is 0 Å². The summed E-state index contributed by atoms with van der Waals surface area (Å²) in [4.78, 5) is 34.7. The molecule has 22 heteroatoms. The highest BCUT2D eigenvalue weighted by molar-refractivity contribution is 5.89. The molecule has 3 aliphatic heterocycles. The third-order valence-corrected chi connectivity index (χ3v) is 11.6. The Balaban J connectivity index is 1.81. The SMILES string of the molecule is CCCCOC1[C@H](N=[N+]=[N-])C(C)O[C@H](O[C@@H]2C(OCCCC)[C@H](N=[N+]=[N-])C(C)O[C@@H]2OCCCCCC(=O)OC)[C@@H]1O[C@H]1OC(C)[C@@H](N=[N+]=[N-])C(OC(=O)c2ccccc2)[C@H]1OCCCC. The number of carbonyl (C=O) groups is 2. The maximum Gasteiger partial charge on any atom is 0.338 e. The summed E-state index contributed by atoms with van der Waals surface area (Å²) >= 11 is 0. The largest absolute Gasteiger partial charge is 0.469 e. The number of ether oxygens (including phenoxy) is 11. The van der Waals surface area contributed by atoms with Gasteiger partial charge in [0.2, 0.25) is 0 Å². The molecule has 15 atom stereocenters. The first kappa shape index (κ1) is 54.3. The van der Waals surface area contributed by atoms with Crippen LogP contribution < -0.4 is 0 Å². The summed E-state index contributed by atoms with van der Waals surface area (Å²) in [5.74, 6) is -0.977. The lowest BCUT2D eigenvalue weighted by atomic mass is 9.94. The van der Waals surface area contributed by atoms with Crippen LogP contribution in [-0.2, 0) is 56.9 Å². The fourth-order valence-electron chi connectivity index (χ4n) is 7.97. The van der Waals surface area contributed by atoms with Gasteiger partial charge in [0.25, 0.3) is 0 Å². The van der Waals surface area contributed by atoms with Crippen molar-refractivity contribution in [3.8, 4) is 0 Å². The molecular formula is C44H69N9O13. The quantitative estimate of drug-likeness (QED) is 0.0250. The van der Waals surface area contributed by atoms with Crippen LogP contribution in [-0.4, -0.2) is 137 Å². The van der Waals surface area contributed by atoms with Crippen LogP contribution >= 0.6 is 0 Å².